The number of fused-ring (bicyclic) bond motifs is 1. The Morgan fingerprint density at radius 3 is 2.25 bits per heavy atom. The van der Waals surface area contributed by atoms with Gasteiger partial charge in [-0.25, -0.2) is 0 Å². The summed E-state index contributed by atoms with van der Waals surface area (Å²) in [7, 11) is 0. The molecule has 4 atom stereocenters. The average molecular weight is 415 g/mol. The van der Waals surface area contributed by atoms with Gasteiger partial charge in [0.1, 0.15) is 11.5 Å². The Balaban J connectivity index is 1.37. The van der Waals surface area contributed by atoms with Crippen LogP contribution in [0, 0.1) is 23.7 Å². The highest BCUT2D eigenvalue weighted by Crippen LogP contribution is 2.49. The number of hydrazone groups is 1. The van der Waals surface area contributed by atoms with Gasteiger partial charge in [-0.3, -0.25) is 9.59 Å². The van der Waals surface area contributed by atoms with Crippen LogP contribution in [0.15, 0.2) is 52.0 Å². The molecule has 6 rings (SSSR count). The lowest BCUT2D eigenvalue weighted by Gasteiger charge is -2.37. The van der Waals surface area contributed by atoms with Crippen molar-refractivity contribution in [3.63, 3.8) is 0 Å². The molecule has 2 fully saturated rings. The molecule has 1 aromatic carbocycles. The highest BCUT2D eigenvalue weighted by Gasteiger charge is 2.56. The van der Waals surface area contributed by atoms with E-state index < -0.39 is 0 Å². The smallest absolute Gasteiger partial charge is 0.254 e. The fourth-order valence-electron chi connectivity index (χ4n) is 4.51. The molecule has 7 heteroatoms. The first-order valence-electron chi connectivity index (χ1n) is 9.18. The van der Waals surface area contributed by atoms with Gasteiger partial charge in [0.05, 0.1) is 28.1 Å². The fraction of sp³-hybridized carbons (Fsp3) is 0.286. The molecule has 5 nitrogen and oxygen atoms in total. The van der Waals surface area contributed by atoms with E-state index in [0.29, 0.717) is 21.6 Å². The Hall–Kier alpha value is -2.37. The van der Waals surface area contributed by atoms with E-state index in [9.17, 15) is 9.59 Å². The van der Waals surface area contributed by atoms with Gasteiger partial charge < -0.3 is 4.42 Å². The molecule has 4 aliphatic rings. The number of carbonyl (C=O) groups excluding carboxylic acids is 2. The summed E-state index contributed by atoms with van der Waals surface area (Å²) in [5.74, 6) is 0.386. The topological polar surface area (TPSA) is 62.9 Å². The minimum Gasteiger partial charge on any atom is -0.455 e. The predicted molar refractivity (Wildman–Crippen MR) is 106 cm³/mol. The first-order chi connectivity index (χ1) is 13.5. The van der Waals surface area contributed by atoms with E-state index in [1.165, 1.54) is 6.21 Å². The molecule has 0 radical (unpaired) electrons. The summed E-state index contributed by atoms with van der Waals surface area (Å²) in [6.45, 7) is 0. The molecule has 2 amide bonds. The van der Waals surface area contributed by atoms with Crippen molar-refractivity contribution in [2.75, 3.05) is 0 Å². The van der Waals surface area contributed by atoms with Crippen molar-refractivity contribution in [3.8, 4) is 11.3 Å². The number of rotatable bonds is 3. The maximum atomic E-state index is 12.8. The molecule has 3 aliphatic carbocycles. The Kier molecular flexibility index (Phi) is 4.18. The molecule has 1 aliphatic heterocycles. The third-order valence-corrected chi connectivity index (χ3v) is 6.61. The largest absolute Gasteiger partial charge is 0.455 e. The molecule has 0 unspecified atom stereocenters. The maximum absolute atomic E-state index is 12.8. The SMILES string of the molecule is O=C1[C@@H]2[C@@H](C(=O)N1/N=C\c1ccc(-c3ccc(Cl)c(Cl)c3)o1)[C@H]1C=C[C@H]2CC1. The minimum atomic E-state index is -0.267. The number of allylic oxidation sites excluding steroid dienone is 2. The zero-order valence-corrected chi connectivity index (χ0v) is 16.2. The van der Waals surface area contributed by atoms with Crippen LogP contribution in [0.4, 0.5) is 0 Å². The van der Waals surface area contributed by atoms with Gasteiger partial charge in [0, 0.05) is 5.56 Å². The molecular formula is C21H16Cl2N2O3. The fourth-order valence-corrected chi connectivity index (χ4v) is 4.81. The first kappa shape index (κ1) is 17.7. The lowest BCUT2D eigenvalue weighted by Crippen LogP contribution is -2.38. The van der Waals surface area contributed by atoms with E-state index in [1.807, 2.05) is 0 Å². The maximum Gasteiger partial charge on any atom is 0.254 e. The van der Waals surface area contributed by atoms with Crippen LogP contribution in [-0.4, -0.2) is 23.0 Å². The molecule has 1 saturated carbocycles. The zero-order valence-electron chi connectivity index (χ0n) is 14.7. The van der Waals surface area contributed by atoms with E-state index in [0.717, 1.165) is 23.4 Å². The summed E-state index contributed by atoms with van der Waals surface area (Å²) in [5, 5.41) is 6.08. The summed E-state index contributed by atoms with van der Waals surface area (Å²) in [6.07, 6.45) is 7.51. The second-order valence-electron chi connectivity index (χ2n) is 7.41. The number of carbonyl (C=O) groups is 2. The third-order valence-electron chi connectivity index (χ3n) is 5.87. The lowest BCUT2D eigenvalue weighted by molar-refractivity contribution is -0.140. The molecule has 142 valence electrons. The molecule has 2 bridgehead atoms. The quantitative estimate of drug-likeness (QED) is 0.412. The molecule has 28 heavy (non-hydrogen) atoms. The van der Waals surface area contributed by atoms with Crippen LogP contribution in [0.5, 0.6) is 0 Å². The van der Waals surface area contributed by atoms with E-state index in [2.05, 4.69) is 17.3 Å². The van der Waals surface area contributed by atoms with Crippen LogP contribution in [-0.2, 0) is 9.59 Å². The predicted octanol–water partition coefficient (Wildman–Crippen LogP) is 4.78. The zero-order chi connectivity index (χ0) is 19.4. The summed E-state index contributed by atoms with van der Waals surface area (Å²) in [5.41, 5.74) is 0.774. The number of nitrogens with zero attached hydrogens (tertiary/aromatic N) is 2. The molecule has 2 heterocycles. The summed E-state index contributed by atoms with van der Waals surface area (Å²) in [6, 6.07) is 8.71. The van der Waals surface area contributed by atoms with Crippen molar-refractivity contribution in [2.24, 2.45) is 28.8 Å². The van der Waals surface area contributed by atoms with Gasteiger partial charge in [0.25, 0.3) is 11.8 Å². The van der Waals surface area contributed by atoms with Crippen molar-refractivity contribution < 1.29 is 14.0 Å². The Morgan fingerprint density at radius 1 is 0.964 bits per heavy atom. The molecule has 0 N–H and O–H groups in total. The molecule has 2 aromatic rings. The summed E-state index contributed by atoms with van der Waals surface area (Å²) in [4.78, 5) is 25.5. The molecule has 1 aromatic heterocycles. The van der Waals surface area contributed by atoms with E-state index in [1.54, 1.807) is 30.3 Å². The summed E-state index contributed by atoms with van der Waals surface area (Å²) < 4.78 is 5.76. The molecule has 1 saturated heterocycles. The van der Waals surface area contributed by atoms with Crippen molar-refractivity contribution in [1.29, 1.82) is 0 Å². The Labute approximate surface area is 171 Å². The van der Waals surface area contributed by atoms with Gasteiger partial charge in [-0.2, -0.15) is 10.1 Å². The highest BCUT2D eigenvalue weighted by molar-refractivity contribution is 6.42. The second-order valence-corrected chi connectivity index (χ2v) is 8.22. The third kappa shape index (κ3) is 2.73. The summed E-state index contributed by atoms with van der Waals surface area (Å²) >= 11 is 12.0. The number of imide groups is 1. The molecular weight excluding hydrogens is 399 g/mol. The average Bonchev–Trinajstić information content (AvgIpc) is 3.28. The van der Waals surface area contributed by atoms with Gasteiger partial charge in [0.15, 0.2) is 0 Å². The van der Waals surface area contributed by atoms with Crippen LogP contribution in [0.2, 0.25) is 10.0 Å². The number of amides is 2. The second kappa shape index (κ2) is 6.61. The first-order valence-corrected chi connectivity index (χ1v) is 9.94. The van der Waals surface area contributed by atoms with Crippen LogP contribution in [0.25, 0.3) is 11.3 Å². The number of furan rings is 1. The van der Waals surface area contributed by atoms with E-state index in [-0.39, 0.29) is 35.5 Å². The van der Waals surface area contributed by atoms with Gasteiger partial charge in [-0.15, -0.1) is 0 Å². The van der Waals surface area contributed by atoms with Crippen molar-refractivity contribution >= 4 is 41.2 Å². The van der Waals surface area contributed by atoms with E-state index >= 15 is 0 Å². The number of benzene rings is 1. The van der Waals surface area contributed by atoms with Crippen LogP contribution < -0.4 is 0 Å². The van der Waals surface area contributed by atoms with Gasteiger partial charge in [-0.05, 0) is 55.0 Å². The normalized spacial score (nSPS) is 28.6. The number of hydrogen-bond donors (Lipinski definition) is 0. The van der Waals surface area contributed by atoms with Crippen molar-refractivity contribution in [2.45, 2.75) is 12.8 Å². The van der Waals surface area contributed by atoms with Gasteiger partial charge in [0.2, 0.25) is 0 Å². The monoisotopic (exact) mass is 414 g/mol. The number of halogens is 2. The standard InChI is InChI=1S/C21H16Cl2N2O3/c22-15-7-5-13(9-16(15)23)17-8-6-14(28-17)10-24-25-20(26)18-11-1-2-12(4-3-11)19(18)21(25)27/h1-2,5-12,18-19H,3-4H2/b24-10-/t11-,12-,18-,19-/m0/s1. The highest BCUT2D eigenvalue weighted by atomic mass is 35.5. The van der Waals surface area contributed by atoms with Crippen molar-refractivity contribution in [1.82, 2.24) is 5.01 Å². The van der Waals surface area contributed by atoms with Crippen LogP contribution in [0.3, 0.4) is 0 Å². The van der Waals surface area contributed by atoms with Crippen molar-refractivity contribution in [3.05, 3.63) is 58.3 Å². The number of hydrogen-bond acceptors (Lipinski definition) is 4. The minimum absolute atomic E-state index is 0.150. The van der Waals surface area contributed by atoms with Crippen LogP contribution >= 0.6 is 23.2 Å². The van der Waals surface area contributed by atoms with Gasteiger partial charge >= 0.3 is 0 Å². The Bertz CT molecular complexity index is 1010. The van der Waals surface area contributed by atoms with E-state index in [4.69, 9.17) is 27.6 Å². The van der Waals surface area contributed by atoms with Crippen LogP contribution in [0.1, 0.15) is 18.6 Å². The Morgan fingerprint density at radius 2 is 1.64 bits per heavy atom. The molecule has 0 spiro atoms. The van der Waals surface area contributed by atoms with Gasteiger partial charge in [-0.1, -0.05) is 35.4 Å². The lowest BCUT2D eigenvalue weighted by atomic mass is 9.63.